The van der Waals surface area contributed by atoms with E-state index in [0.29, 0.717) is 5.02 Å². The van der Waals surface area contributed by atoms with Gasteiger partial charge in [-0.3, -0.25) is 4.98 Å². The Morgan fingerprint density at radius 2 is 1.86 bits per heavy atom. The minimum Gasteiger partial charge on any atom is -0.262 e. The predicted molar refractivity (Wildman–Crippen MR) is 56.2 cm³/mol. The fourth-order valence-corrected chi connectivity index (χ4v) is 2.32. The second kappa shape index (κ2) is 3.51. The zero-order valence-corrected chi connectivity index (χ0v) is 9.85. The molecule has 0 unspecified atom stereocenters. The Labute approximate surface area is 89.0 Å². The van der Waals surface area contributed by atoms with Crippen molar-refractivity contribution in [3.8, 4) is 0 Å². The third kappa shape index (κ3) is 2.07. The highest BCUT2D eigenvalue weighted by molar-refractivity contribution is 7.92. The van der Waals surface area contributed by atoms with Gasteiger partial charge >= 0.3 is 0 Å². The van der Waals surface area contributed by atoms with Crippen LogP contribution in [0.15, 0.2) is 23.4 Å². The lowest BCUT2D eigenvalue weighted by atomic mass is 10.3. The first-order valence-corrected chi connectivity index (χ1v) is 5.96. The number of aromatic nitrogens is 1. The zero-order chi connectivity index (χ0) is 11.0. The molecular weight excluding hydrogens is 222 g/mol. The lowest BCUT2D eigenvalue weighted by Crippen LogP contribution is -2.27. The molecule has 5 heteroatoms. The van der Waals surface area contributed by atoms with E-state index in [1.807, 2.05) is 0 Å². The first kappa shape index (κ1) is 11.5. The highest BCUT2D eigenvalue weighted by Gasteiger charge is 2.31. The van der Waals surface area contributed by atoms with E-state index in [0.717, 1.165) is 0 Å². The summed E-state index contributed by atoms with van der Waals surface area (Å²) in [7, 11) is -3.35. The fourth-order valence-electron chi connectivity index (χ4n) is 0.893. The maximum Gasteiger partial charge on any atom is 0.184 e. The van der Waals surface area contributed by atoms with Crippen LogP contribution in [0.3, 0.4) is 0 Å². The molecule has 0 amide bonds. The Hall–Kier alpha value is -0.610. The molecule has 0 radical (unpaired) electrons. The maximum atomic E-state index is 11.9. The van der Waals surface area contributed by atoms with Gasteiger partial charge in [0, 0.05) is 12.4 Å². The Morgan fingerprint density at radius 1 is 1.29 bits per heavy atom. The molecule has 0 aliphatic carbocycles. The number of hydrogen-bond acceptors (Lipinski definition) is 3. The van der Waals surface area contributed by atoms with Gasteiger partial charge in [-0.1, -0.05) is 11.6 Å². The van der Waals surface area contributed by atoms with Crippen LogP contribution in [0.4, 0.5) is 0 Å². The number of sulfone groups is 1. The molecule has 1 heterocycles. The van der Waals surface area contributed by atoms with Crippen LogP contribution in [-0.4, -0.2) is 18.1 Å². The first-order valence-electron chi connectivity index (χ1n) is 4.10. The zero-order valence-electron chi connectivity index (χ0n) is 8.28. The normalized spacial score (nSPS) is 12.9. The second-order valence-corrected chi connectivity index (χ2v) is 7.09. The van der Waals surface area contributed by atoms with Gasteiger partial charge in [0.2, 0.25) is 0 Å². The van der Waals surface area contributed by atoms with Crippen molar-refractivity contribution in [2.75, 3.05) is 0 Å². The Bertz CT molecular complexity index is 434. The molecule has 0 aliphatic rings. The summed E-state index contributed by atoms with van der Waals surface area (Å²) in [5, 5.41) is 0.329. The molecule has 1 rings (SSSR count). The van der Waals surface area contributed by atoms with Crippen molar-refractivity contribution < 1.29 is 8.42 Å². The number of hydrogen-bond donors (Lipinski definition) is 0. The highest BCUT2D eigenvalue weighted by Crippen LogP contribution is 2.25. The topological polar surface area (TPSA) is 47.0 Å². The van der Waals surface area contributed by atoms with Crippen molar-refractivity contribution >= 4 is 21.4 Å². The van der Waals surface area contributed by atoms with E-state index in [9.17, 15) is 8.42 Å². The van der Waals surface area contributed by atoms with Crippen molar-refractivity contribution in [2.24, 2.45) is 0 Å². The number of rotatable bonds is 1. The summed E-state index contributed by atoms with van der Waals surface area (Å²) >= 11 is 5.67. The summed E-state index contributed by atoms with van der Waals surface area (Å²) < 4.78 is 23.0. The van der Waals surface area contributed by atoms with Gasteiger partial charge in [0.1, 0.15) is 0 Å². The molecule has 0 atom stereocenters. The van der Waals surface area contributed by atoms with Gasteiger partial charge < -0.3 is 0 Å². The van der Waals surface area contributed by atoms with Gasteiger partial charge in [0.15, 0.2) is 9.84 Å². The summed E-state index contributed by atoms with van der Waals surface area (Å²) in [6.45, 7) is 4.93. The van der Waals surface area contributed by atoms with Crippen LogP contribution in [0, 0.1) is 0 Å². The molecule has 0 aliphatic heterocycles. The Kier molecular flexibility index (Phi) is 2.88. The van der Waals surface area contributed by atoms with Gasteiger partial charge in [-0.25, -0.2) is 8.42 Å². The third-order valence-electron chi connectivity index (χ3n) is 1.80. The summed E-state index contributed by atoms with van der Waals surface area (Å²) in [6, 6.07) is 1.41. The van der Waals surface area contributed by atoms with E-state index in [4.69, 9.17) is 11.6 Å². The standard InChI is InChI=1S/C9H12ClNO2S/c1-9(2,3)14(12,13)8-4-7(10)5-11-6-8/h4-6H,1-3H3. The van der Waals surface area contributed by atoms with Crippen molar-refractivity contribution in [3.63, 3.8) is 0 Å². The van der Waals surface area contributed by atoms with E-state index in [1.54, 1.807) is 20.8 Å². The quantitative estimate of drug-likeness (QED) is 0.748. The molecule has 0 fully saturated rings. The predicted octanol–water partition coefficient (Wildman–Crippen LogP) is 2.31. The van der Waals surface area contributed by atoms with Crippen LogP contribution in [0.2, 0.25) is 5.02 Å². The highest BCUT2D eigenvalue weighted by atomic mass is 35.5. The van der Waals surface area contributed by atoms with Gasteiger partial charge in [-0.15, -0.1) is 0 Å². The SMILES string of the molecule is CC(C)(C)S(=O)(=O)c1cncc(Cl)c1. The number of halogens is 1. The van der Waals surface area contributed by atoms with Crippen molar-refractivity contribution in [1.29, 1.82) is 0 Å². The number of nitrogens with zero attached hydrogens (tertiary/aromatic N) is 1. The minimum atomic E-state index is -3.35. The average Bonchev–Trinajstić information content (AvgIpc) is 2.02. The summed E-state index contributed by atoms with van der Waals surface area (Å²) in [4.78, 5) is 3.92. The molecule has 3 nitrogen and oxygen atoms in total. The molecule has 0 N–H and O–H groups in total. The van der Waals surface area contributed by atoms with E-state index in [-0.39, 0.29) is 4.90 Å². The summed E-state index contributed by atoms with van der Waals surface area (Å²) in [5.74, 6) is 0. The Morgan fingerprint density at radius 3 is 2.29 bits per heavy atom. The summed E-state index contributed by atoms with van der Waals surface area (Å²) in [6.07, 6.45) is 2.72. The van der Waals surface area contributed by atoms with E-state index < -0.39 is 14.6 Å². The third-order valence-corrected chi connectivity index (χ3v) is 4.46. The molecule has 0 saturated carbocycles. The summed E-state index contributed by atoms with van der Waals surface area (Å²) in [5.41, 5.74) is 0. The monoisotopic (exact) mass is 233 g/mol. The number of pyridine rings is 1. The molecule has 78 valence electrons. The van der Waals surface area contributed by atoms with Crippen molar-refractivity contribution in [1.82, 2.24) is 4.98 Å². The van der Waals surface area contributed by atoms with Crippen LogP contribution < -0.4 is 0 Å². The fraction of sp³-hybridized carbons (Fsp3) is 0.444. The van der Waals surface area contributed by atoms with Gasteiger partial charge in [0.25, 0.3) is 0 Å². The van der Waals surface area contributed by atoms with Crippen LogP contribution in [0.1, 0.15) is 20.8 Å². The average molecular weight is 234 g/mol. The van der Waals surface area contributed by atoms with Crippen LogP contribution in [0.5, 0.6) is 0 Å². The molecule has 0 bridgehead atoms. The Balaban J connectivity index is 3.32. The van der Waals surface area contributed by atoms with E-state index >= 15 is 0 Å². The van der Waals surface area contributed by atoms with Crippen LogP contribution in [0.25, 0.3) is 0 Å². The molecule has 1 aromatic rings. The van der Waals surface area contributed by atoms with Gasteiger partial charge in [0.05, 0.1) is 14.7 Å². The molecular formula is C9H12ClNO2S. The molecule has 14 heavy (non-hydrogen) atoms. The van der Waals surface area contributed by atoms with Crippen LogP contribution in [-0.2, 0) is 9.84 Å². The largest absolute Gasteiger partial charge is 0.262 e. The van der Waals surface area contributed by atoms with Gasteiger partial charge in [-0.05, 0) is 26.8 Å². The molecule has 0 aromatic carbocycles. The molecule has 1 aromatic heterocycles. The van der Waals surface area contributed by atoms with Crippen molar-refractivity contribution in [2.45, 2.75) is 30.4 Å². The van der Waals surface area contributed by atoms with E-state index in [1.165, 1.54) is 18.5 Å². The lowest BCUT2D eigenvalue weighted by molar-refractivity contribution is 0.560. The molecule has 0 saturated heterocycles. The van der Waals surface area contributed by atoms with Crippen LogP contribution >= 0.6 is 11.6 Å². The van der Waals surface area contributed by atoms with Crippen molar-refractivity contribution in [3.05, 3.63) is 23.5 Å². The first-order chi connectivity index (χ1) is 6.25. The van der Waals surface area contributed by atoms with E-state index in [2.05, 4.69) is 4.98 Å². The smallest absolute Gasteiger partial charge is 0.184 e. The molecule has 0 spiro atoms. The lowest BCUT2D eigenvalue weighted by Gasteiger charge is -2.18. The maximum absolute atomic E-state index is 11.9. The minimum absolute atomic E-state index is 0.164. The van der Waals surface area contributed by atoms with Gasteiger partial charge in [-0.2, -0.15) is 0 Å². The second-order valence-electron chi connectivity index (χ2n) is 3.95.